The summed E-state index contributed by atoms with van der Waals surface area (Å²) in [5.41, 5.74) is 0. The molecule has 0 atom stereocenters. The minimum atomic E-state index is 0.299. The summed E-state index contributed by atoms with van der Waals surface area (Å²) in [6.45, 7) is 4.11. The first-order valence-electron chi connectivity index (χ1n) is 3.95. The van der Waals surface area contributed by atoms with Crippen LogP contribution in [-0.4, -0.2) is 7.69 Å². The van der Waals surface area contributed by atoms with E-state index in [9.17, 15) is 0 Å². The Labute approximate surface area is 69.2 Å². The molecular weight excluding hydrogens is 139 g/mol. The van der Waals surface area contributed by atoms with Crippen LogP contribution in [0.2, 0.25) is 0 Å². The Balaban J connectivity index is 3.02. The number of hydrogen-bond donors (Lipinski definition) is 0. The van der Waals surface area contributed by atoms with Crippen molar-refractivity contribution in [3.05, 3.63) is 24.7 Å². The lowest BCUT2D eigenvalue weighted by atomic mass is 10.4. The molecule has 0 radical (unpaired) electrons. The van der Waals surface area contributed by atoms with Gasteiger partial charge >= 0.3 is 7.69 Å². The van der Waals surface area contributed by atoms with Crippen LogP contribution >= 0.6 is 0 Å². The van der Waals surface area contributed by atoms with Gasteiger partial charge in [0.25, 0.3) is 0 Å². The van der Waals surface area contributed by atoms with Crippen molar-refractivity contribution in [1.29, 1.82) is 0 Å². The molecule has 0 aliphatic rings. The SMILES string of the molecule is CCC=COBOC=CCC. The van der Waals surface area contributed by atoms with Gasteiger partial charge < -0.3 is 9.31 Å². The fourth-order valence-corrected chi connectivity index (χ4v) is 0.446. The molecule has 0 saturated carbocycles. The smallest absolute Gasteiger partial charge is 0.535 e. The second-order valence-electron chi connectivity index (χ2n) is 2.01. The van der Waals surface area contributed by atoms with Crippen LogP contribution in [0.1, 0.15) is 26.7 Å². The van der Waals surface area contributed by atoms with Gasteiger partial charge in [0.2, 0.25) is 0 Å². The normalized spacial score (nSPS) is 10.7. The maximum absolute atomic E-state index is 4.97. The Hall–Kier alpha value is -0.855. The molecule has 0 heterocycles. The van der Waals surface area contributed by atoms with E-state index < -0.39 is 0 Å². The maximum atomic E-state index is 4.97. The predicted octanol–water partition coefficient (Wildman–Crippen LogP) is 2.13. The second-order valence-corrected chi connectivity index (χ2v) is 2.01. The molecule has 0 aromatic carbocycles. The molecule has 0 spiro atoms. The zero-order valence-electron chi connectivity index (χ0n) is 7.25. The molecule has 0 aliphatic heterocycles. The molecule has 0 N–H and O–H groups in total. The molecule has 0 saturated heterocycles. The first-order valence-corrected chi connectivity index (χ1v) is 3.95. The molecule has 11 heavy (non-hydrogen) atoms. The highest BCUT2D eigenvalue weighted by molar-refractivity contribution is 6.18. The first-order chi connectivity index (χ1) is 5.41. The van der Waals surface area contributed by atoms with Crippen LogP contribution in [0, 0.1) is 0 Å². The van der Waals surface area contributed by atoms with Crippen LogP contribution in [0.15, 0.2) is 24.7 Å². The van der Waals surface area contributed by atoms with E-state index in [0.717, 1.165) is 12.8 Å². The van der Waals surface area contributed by atoms with E-state index in [1.807, 2.05) is 12.2 Å². The van der Waals surface area contributed by atoms with Crippen LogP contribution < -0.4 is 0 Å². The van der Waals surface area contributed by atoms with Crippen molar-refractivity contribution in [3.8, 4) is 0 Å². The van der Waals surface area contributed by atoms with Gasteiger partial charge in [-0.3, -0.25) is 0 Å². The second kappa shape index (κ2) is 9.14. The predicted molar refractivity (Wildman–Crippen MR) is 48.2 cm³/mol. The van der Waals surface area contributed by atoms with Gasteiger partial charge in [-0.15, -0.1) is 0 Å². The van der Waals surface area contributed by atoms with Crippen LogP contribution in [0.25, 0.3) is 0 Å². The highest BCUT2D eigenvalue weighted by Crippen LogP contribution is 1.84. The molecule has 0 aromatic rings. The van der Waals surface area contributed by atoms with Gasteiger partial charge in [0.15, 0.2) is 0 Å². The van der Waals surface area contributed by atoms with Crippen LogP contribution in [-0.2, 0) is 9.31 Å². The highest BCUT2D eigenvalue weighted by Gasteiger charge is 1.83. The fraction of sp³-hybridized carbons (Fsp3) is 0.500. The van der Waals surface area contributed by atoms with E-state index >= 15 is 0 Å². The molecule has 0 fully saturated rings. The van der Waals surface area contributed by atoms with Gasteiger partial charge in [-0.1, -0.05) is 26.0 Å². The van der Waals surface area contributed by atoms with Gasteiger partial charge in [-0.2, -0.15) is 0 Å². The van der Waals surface area contributed by atoms with Crippen molar-refractivity contribution in [1.82, 2.24) is 0 Å². The van der Waals surface area contributed by atoms with Crippen molar-refractivity contribution < 1.29 is 9.31 Å². The molecule has 62 valence electrons. The zero-order valence-corrected chi connectivity index (χ0v) is 7.25. The summed E-state index contributed by atoms with van der Waals surface area (Å²) in [7, 11) is 0.299. The maximum Gasteiger partial charge on any atom is 0.575 e. The Morgan fingerprint density at radius 2 is 1.45 bits per heavy atom. The molecule has 0 rings (SSSR count). The lowest BCUT2D eigenvalue weighted by Gasteiger charge is -1.95. The minimum Gasteiger partial charge on any atom is -0.535 e. The third kappa shape index (κ3) is 9.14. The van der Waals surface area contributed by atoms with E-state index in [-0.39, 0.29) is 0 Å². The lowest BCUT2D eigenvalue weighted by molar-refractivity contribution is 0.374. The average molecular weight is 154 g/mol. The summed E-state index contributed by atoms with van der Waals surface area (Å²) in [6, 6.07) is 0. The Morgan fingerprint density at radius 3 is 1.82 bits per heavy atom. The topological polar surface area (TPSA) is 18.5 Å². The lowest BCUT2D eigenvalue weighted by Crippen LogP contribution is -1.93. The zero-order chi connectivity index (χ0) is 8.36. The van der Waals surface area contributed by atoms with E-state index in [1.165, 1.54) is 0 Å². The molecule has 3 heteroatoms. The molecule has 2 nitrogen and oxygen atoms in total. The largest absolute Gasteiger partial charge is 0.575 e. The molecule has 0 bridgehead atoms. The highest BCUT2D eigenvalue weighted by atomic mass is 16.6. The van der Waals surface area contributed by atoms with E-state index in [2.05, 4.69) is 13.8 Å². The Kier molecular flexibility index (Phi) is 8.43. The summed E-state index contributed by atoms with van der Waals surface area (Å²) in [5.74, 6) is 0. The monoisotopic (exact) mass is 154 g/mol. The summed E-state index contributed by atoms with van der Waals surface area (Å²) in [4.78, 5) is 0. The molecule has 0 amide bonds. The molecule has 0 unspecified atom stereocenters. The van der Waals surface area contributed by atoms with Crippen LogP contribution in [0.4, 0.5) is 0 Å². The van der Waals surface area contributed by atoms with Crippen molar-refractivity contribution in [2.75, 3.05) is 0 Å². The summed E-state index contributed by atoms with van der Waals surface area (Å²) in [6.07, 6.45) is 9.16. The summed E-state index contributed by atoms with van der Waals surface area (Å²) >= 11 is 0. The standard InChI is InChI=1S/C8H15BO2/c1-3-5-7-10-9-11-8-6-4-2/h5-9H,3-4H2,1-2H3. The molecule has 0 aliphatic carbocycles. The fourth-order valence-electron chi connectivity index (χ4n) is 0.446. The van der Waals surface area contributed by atoms with E-state index in [1.54, 1.807) is 12.5 Å². The third-order valence-electron chi connectivity index (χ3n) is 0.992. The van der Waals surface area contributed by atoms with Gasteiger partial charge in [0.1, 0.15) is 0 Å². The van der Waals surface area contributed by atoms with E-state index in [4.69, 9.17) is 9.31 Å². The first kappa shape index (κ1) is 10.1. The van der Waals surface area contributed by atoms with Gasteiger partial charge in [0.05, 0.1) is 12.5 Å². The van der Waals surface area contributed by atoms with Gasteiger partial charge in [-0.25, -0.2) is 0 Å². The summed E-state index contributed by atoms with van der Waals surface area (Å²) in [5, 5.41) is 0. The Morgan fingerprint density at radius 1 is 1.00 bits per heavy atom. The quantitative estimate of drug-likeness (QED) is 0.331. The van der Waals surface area contributed by atoms with Crippen molar-refractivity contribution in [2.45, 2.75) is 26.7 Å². The van der Waals surface area contributed by atoms with Crippen LogP contribution in [0.3, 0.4) is 0 Å². The van der Waals surface area contributed by atoms with Gasteiger partial charge in [0, 0.05) is 0 Å². The number of rotatable bonds is 6. The van der Waals surface area contributed by atoms with E-state index in [0.29, 0.717) is 7.69 Å². The summed E-state index contributed by atoms with van der Waals surface area (Å²) < 4.78 is 9.93. The Bertz CT molecular complexity index is 107. The number of allylic oxidation sites excluding steroid dienone is 2. The molecular formula is C8H15BO2. The number of hydrogen-bond acceptors (Lipinski definition) is 2. The third-order valence-corrected chi connectivity index (χ3v) is 0.992. The average Bonchev–Trinajstić information content (AvgIpc) is 2.03. The molecule has 0 aromatic heterocycles. The van der Waals surface area contributed by atoms with Crippen molar-refractivity contribution in [3.63, 3.8) is 0 Å². The minimum absolute atomic E-state index is 0.299. The van der Waals surface area contributed by atoms with Crippen molar-refractivity contribution >= 4 is 7.69 Å². The van der Waals surface area contributed by atoms with Crippen molar-refractivity contribution in [2.24, 2.45) is 0 Å². The van der Waals surface area contributed by atoms with Gasteiger partial charge in [-0.05, 0) is 12.8 Å². The van der Waals surface area contributed by atoms with Crippen LogP contribution in [0.5, 0.6) is 0 Å².